The summed E-state index contributed by atoms with van der Waals surface area (Å²) < 4.78 is 0. The number of benzene rings is 1. The Morgan fingerprint density at radius 1 is 1.00 bits per heavy atom. The van der Waals surface area contributed by atoms with E-state index in [4.69, 9.17) is 0 Å². The van der Waals surface area contributed by atoms with E-state index in [0.29, 0.717) is 11.8 Å². The van der Waals surface area contributed by atoms with Crippen LogP contribution in [0.2, 0.25) is 0 Å². The third-order valence-electron chi connectivity index (χ3n) is 4.94. The minimum absolute atomic E-state index is 0.634. The molecule has 2 aliphatic rings. The zero-order valence-electron chi connectivity index (χ0n) is 10.4. The van der Waals surface area contributed by atoms with E-state index < -0.39 is 0 Å². The molecule has 0 aromatic heterocycles. The van der Waals surface area contributed by atoms with Crippen molar-refractivity contribution < 1.29 is 0 Å². The molecule has 0 aliphatic heterocycles. The van der Waals surface area contributed by atoms with Gasteiger partial charge >= 0.3 is 0 Å². The van der Waals surface area contributed by atoms with Crippen molar-refractivity contribution in [2.75, 3.05) is 0 Å². The highest BCUT2D eigenvalue weighted by molar-refractivity contribution is 6.14. The highest BCUT2D eigenvalue weighted by atomic mass is 14.4. The topological polar surface area (TPSA) is 0 Å². The maximum absolute atomic E-state index is 2.52. The highest BCUT2D eigenvalue weighted by Gasteiger charge is 2.34. The van der Waals surface area contributed by atoms with Crippen LogP contribution in [-0.4, -0.2) is 0 Å². The first-order valence-corrected chi connectivity index (χ1v) is 6.55. The van der Waals surface area contributed by atoms with Crippen molar-refractivity contribution in [1.82, 2.24) is 0 Å². The van der Waals surface area contributed by atoms with Crippen LogP contribution in [0.25, 0.3) is 33.2 Å². The number of rotatable bonds is 1. The van der Waals surface area contributed by atoms with Gasteiger partial charge in [-0.1, -0.05) is 25.5 Å². The van der Waals surface area contributed by atoms with Crippen LogP contribution in [0.15, 0.2) is 12.1 Å². The Balaban J connectivity index is 2.08. The molecule has 17 heavy (non-hydrogen) atoms. The largest absolute Gasteiger partial charge is 0.0647 e. The van der Waals surface area contributed by atoms with Crippen molar-refractivity contribution >= 4 is 33.2 Å². The summed E-state index contributed by atoms with van der Waals surface area (Å²) in [6, 6.07) is 4.88. The first-order chi connectivity index (χ1) is 8.18. The standard InChI is InChI=1S/C17H14/c1-7(2)15-11-4-9-8(3)16-13-6-12(15)10(11)5-14(13)17(9)16/h4-7,9H,1-3H3. The summed E-state index contributed by atoms with van der Waals surface area (Å²) in [5.41, 5.74) is 4.81. The molecule has 0 radical (unpaired) electrons. The predicted molar refractivity (Wildman–Crippen MR) is 73.5 cm³/mol. The first-order valence-electron chi connectivity index (χ1n) is 6.55. The molecule has 1 unspecified atom stereocenters. The average molecular weight is 218 g/mol. The Hall–Kier alpha value is -1.56. The minimum Gasteiger partial charge on any atom is -0.0647 e. The maximum Gasteiger partial charge on any atom is 0.0256 e. The summed E-state index contributed by atoms with van der Waals surface area (Å²) in [4.78, 5) is 0. The molecule has 0 amide bonds. The van der Waals surface area contributed by atoms with Crippen LogP contribution in [0.4, 0.5) is 0 Å². The third kappa shape index (κ3) is 0.654. The smallest absolute Gasteiger partial charge is 0.0256 e. The molecular weight excluding hydrogens is 204 g/mol. The van der Waals surface area contributed by atoms with E-state index in [1.165, 1.54) is 16.2 Å². The normalized spacial score (nSPS) is 20.9. The molecule has 2 aliphatic carbocycles. The summed E-state index contributed by atoms with van der Waals surface area (Å²) in [7, 11) is 0. The second kappa shape index (κ2) is 2.20. The Morgan fingerprint density at radius 3 is 2.53 bits per heavy atom. The Labute approximate surface area is 99.9 Å². The molecule has 0 saturated carbocycles. The molecule has 3 aromatic carbocycles. The minimum atomic E-state index is 0.634. The lowest BCUT2D eigenvalue weighted by Crippen LogP contribution is -2.32. The molecule has 0 heteroatoms. The van der Waals surface area contributed by atoms with Crippen molar-refractivity contribution in [2.24, 2.45) is 0 Å². The van der Waals surface area contributed by atoms with Gasteiger partial charge in [-0.05, 0) is 68.1 Å². The molecule has 0 heterocycles. The fraction of sp³-hybridized carbons (Fsp3) is 0.294. The van der Waals surface area contributed by atoms with Crippen molar-refractivity contribution in [2.45, 2.75) is 32.6 Å². The molecule has 1 atom stereocenters. The molecule has 3 aromatic rings. The Kier molecular flexibility index (Phi) is 1.10. The van der Waals surface area contributed by atoms with Gasteiger partial charge < -0.3 is 0 Å². The summed E-state index contributed by atoms with van der Waals surface area (Å²) in [5, 5.41) is 9.24. The van der Waals surface area contributed by atoms with E-state index >= 15 is 0 Å². The molecule has 5 rings (SSSR count). The Bertz CT molecular complexity index is 909. The maximum atomic E-state index is 2.52. The number of hydrogen-bond acceptors (Lipinski definition) is 0. The second-order valence-electron chi connectivity index (χ2n) is 6.04. The fourth-order valence-electron chi connectivity index (χ4n) is 4.14. The Morgan fingerprint density at radius 2 is 1.76 bits per heavy atom. The first kappa shape index (κ1) is 8.52. The molecule has 0 spiro atoms. The zero-order chi connectivity index (χ0) is 11.5. The van der Waals surface area contributed by atoms with E-state index in [0.717, 1.165) is 0 Å². The van der Waals surface area contributed by atoms with Crippen molar-refractivity contribution in [3.63, 3.8) is 0 Å². The van der Waals surface area contributed by atoms with Crippen LogP contribution < -0.4 is 10.4 Å². The predicted octanol–water partition coefficient (Wildman–Crippen LogP) is 3.05. The van der Waals surface area contributed by atoms with Crippen molar-refractivity contribution in [3.8, 4) is 0 Å². The molecule has 0 N–H and O–H groups in total. The van der Waals surface area contributed by atoms with E-state index in [2.05, 4.69) is 39.0 Å². The second-order valence-corrected chi connectivity index (χ2v) is 6.04. The van der Waals surface area contributed by atoms with Gasteiger partial charge in [0.05, 0.1) is 0 Å². The average Bonchev–Trinajstić information content (AvgIpc) is 2.41. The molecule has 82 valence electrons. The van der Waals surface area contributed by atoms with Gasteiger partial charge in [0.25, 0.3) is 0 Å². The van der Waals surface area contributed by atoms with E-state index in [-0.39, 0.29) is 0 Å². The lowest BCUT2D eigenvalue weighted by atomic mass is 9.72. The van der Waals surface area contributed by atoms with Crippen LogP contribution >= 0.6 is 0 Å². The molecule has 2 bridgehead atoms. The van der Waals surface area contributed by atoms with E-state index in [9.17, 15) is 0 Å². The van der Waals surface area contributed by atoms with Gasteiger partial charge in [-0.3, -0.25) is 0 Å². The van der Waals surface area contributed by atoms with E-state index in [1.54, 1.807) is 32.5 Å². The summed E-state index contributed by atoms with van der Waals surface area (Å²) in [5.74, 6) is 1.28. The van der Waals surface area contributed by atoms with Crippen LogP contribution in [-0.2, 0) is 0 Å². The molecular formula is C17H14. The van der Waals surface area contributed by atoms with Gasteiger partial charge in [0.15, 0.2) is 0 Å². The van der Waals surface area contributed by atoms with Crippen LogP contribution in [0.5, 0.6) is 0 Å². The van der Waals surface area contributed by atoms with Crippen molar-refractivity contribution in [3.05, 3.63) is 33.7 Å². The van der Waals surface area contributed by atoms with Gasteiger partial charge in [-0.25, -0.2) is 0 Å². The van der Waals surface area contributed by atoms with Gasteiger partial charge in [-0.15, -0.1) is 0 Å². The third-order valence-corrected chi connectivity index (χ3v) is 4.94. The van der Waals surface area contributed by atoms with Gasteiger partial charge in [-0.2, -0.15) is 0 Å². The number of hydrogen-bond donors (Lipinski definition) is 0. The van der Waals surface area contributed by atoms with Crippen LogP contribution in [0.3, 0.4) is 0 Å². The van der Waals surface area contributed by atoms with Gasteiger partial charge in [0.2, 0.25) is 0 Å². The molecule has 0 saturated heterocycles. The number of fused-ring (bicyclic) bond motifs is 1. The summed E-state index contributed by atoms with van der Waals surface area (Å²) >= 11 is 0. The molecule has 0 fully saturated rings. The zero-order valence-corrected chi connectivity index (χ0v) is 10.4. The fourth-order valence-corrected chi connectivity index (χ4v) is 4.14. The van der Waals surface area contributed by atoms with Crippen molar-refractivity contribution in [1.29, 1.82) is 0 Å². The highest BCUT2D eigenvalue weighted by Crippen LogP contribution is 2.45. The summed E-state index contributed by atoms with van der Waals surface area (Å²) in [6.07, 6.45) is 2.52. The quantitative estimate of drug-likeness (QED) is 0.589. The van der Waals surface area contributed by atoms with Crippen LogP contribution in [0.1, 0.15) is 43.7 Å². The van der Waals surface area contributed by atoms with Gasteiger partial charge in [0.1, 0.15) is 0 Å². The SMILES string of the molecule is CC1=c2c3c4cc5c(c(C(C)C)c5cc24)=CC13. The monoisotopic (exact) mass is 218 g/mol. The van der Waals surface area contributed by atoms with Gasteiger partial charge in [0, 0.05) is 5.92 Å². The molecule has 0 nitrogen and oxygen atoms in total. The van der Waals surface area contributed by atoms with Crippen LogP contribution in [0, 0.1) is 0 Å². The van der Waals surface area contributed by atoms with E-state index in [1.807, 2.05) is 0 Å². The lowest BCUT2D eigenvalue weighted by molar-refractivity contribution is 0.865. The summed E-state index contributed by atoms with van der Waals surface area (Å²) in [6.45, 7) is 6.93. The lowest BCUT2D eigenvalue weighted by Gasteiger charge is -2.31.